The molecule has 0 bridgehead atoms. The molecule has 2 aromatic carbocycles. The molecule has 5 heteroatoms. The fourth-order valence-electron chi connectivity index (χ4n) is 3.90. The quantitative estimate of drug-likeness (QED) is 0.551. The third kappa shape index (κ3) is 4.78. The van der Waals surface area contributed by atoms with Crippen LogP contribution in [0.15, 0.2) is 48.5 Å². The van der Waals surface area contributed by atoms with Gasteiger partial charge in [0.25, 0.3) is 0 Å². The van der Waals surface area contributed by atoms with Crippen molar-refractivity contribution in [1.29, 1.82) is 0 Å². The summed E-state index contributed by atoms with van der Waals surface area (Å²) in [7, 11) is 0. The van der Waals surface area contributed by atoms with E-state index < -0.39 is 5.41 Å². The molecule has 1 heterocycles. The SMILES string of the molecule is Cc1nc2c(F)cccc2cc1NC(=O)[C@@](C)(Cc1cccc(F)c1)CC(C)C. The van der Waals surface area contributed by atoms with Crippen molar-refractivity contribution in [3.05, 3.63) is 71.4 Å². The van der Waals surface area contributed by atoms with Gasteiger partial charge >= 0.3 is 0 Å². The van der Waals surface area contributed by atoms with Crippen LogP contribution in [0.3, 0.4) is 0 Å². The largest absolute Gasteiger partial charge is 0.324 e. The van der Waals surface area contributed by atoms with Gasteiger partial charge in [-0.1, -0.05) is 45.0 Å². The Bertz CT molecular complexity index is 1050. The lowest BCUT2D eigenvalue weighted by molar-refractivity contribution is -0.125. The molecule has 0 aliphatic rings. The summed E-state index contributed by atoms with van der Waals surface area (Å²) in [6.45, 7) is 7.76. The van der Waals surface area contributed by atoms with Crippen molar-refractivity contribution in [2.45, 2.75) is 40.5 Å². The number of halogens is 2. The Morgan fingerprint density at radius 2 is 1.86 bits per heavy atom. The third-order valence-electron chi connectivity index (χ3n) is 5.13. The lowest BCUT2D eigenvalue weighted by atomic mass is 9.76. The van der Waals surface area contributed by atoms with E-state index >= 15 is 0 Å². The average molecular weight is 396 g/mol. The summed E-state index contributed by atoms with van der Waals surface area (Å²) in [5, 5.41) is 3.61. The molecule has 0 fully saturated rings. The van der Waals surface area contributed by atoms with Gasteiger partial charge in [0.2, 0.25) is 5.91 Å². The minimum absolute atomic E-state index is 0.156. The number of nitrogens with zero attached hydrogens (tertiary/aromatic N) is 1. The van der Waals surface area contributed by atoms with E-state index in [2.05, 4.69) is 24.1 Å². The first-order valence-corrected chi connectivity index (χ1v) is 9.80. The second-order valence-corrected chi connectivity index (χ2v) is 8.35. The topological polar surface area (TPSA) is 42.0 Å². The molecule has 1 aromatic heterocycles. The monoisotopic (exact) mass is 396 g/mol. The molecule has 3 nitrogen and oxygen atoms in total. The number of carbonyl (C=O) groups is 1. The van der Waals surface area contributed by atoms with Gasteiger partial charge in [0, 0.05) is 5.39 Å². The van der Waals surface area contributed by atoms with Crippen LogP contribution in [-0.2, 0) is 11.2 Å². The lowest BCUT2D eigenvalue weighted by Gasteiger charge is -2.30. The lowest BCUT2D eigenvalue weighted by Crippen LogP contribution is -2.37. The van der Waals surface area contributed by atoms with Crippen molar-refractivity contribution in [3.8, 4) is 0 Å². The van der Waals surface area contributed by atoms with E-state index in [1.807, 2.05) is 13.0 Å². The molecule has 3 rings (SSSR count). The number of aromatic nitrogens is 1. The van der Waals surface area contributed by atoms with Crippen molar-refractivity contribution >= 4 is 22.5 Å². The average Bonchev–Trinajstić information content (AvgIpc) is 2.62. The molecule has 29 heavy (non-hydrogen) atoms. The summed E-state index contributed by atoms with van der Waals surface area (Å²) in [5.74, 6) is -0.578. The normalized spacial score (nSPS) is 13.5. The second kappa shape index (κ2) is 8.27. The molecule has 0 aliphatic carbocycles. The van der Waals surface area contributed by atoms with Gasteiger partial charge in [0.15, 0.2) is 0 Å². The van der Waals surface area contributed by atoms with E-state index in [4.69, 9.17) is 0 Å². The van der Waals surface area contributed by atoms with Crippen LogP contribution in [0.5, 0.6) is 0 Å². The molecule has 1 amide bonds. The highest BCUT2D eigenvalue weighted by Crippen LogP contribution is 2.33. The zero-order valence-electron chi connectivity index (χ0n) is 17.2. The highest BCUT2D eigenvalue weighted by atomic mass is 19.1. The summed E-state index contributed by atoms with van der Waals surface area (Å²) < 4.78 is 27.6. The number of nitrogens with one attached hydrogen (secondary N) is 1. The third-order valence-corrected chi connectivity index (χ3v) is 5.13. The number of carbonyl (C=O) groups excluding carboxylic acids is 1. The van der Waals surface area contributed by atoms with Crippen molar-refractivity contribution < 1.29 is 13.6 Å². The van der Waals surface area contributed by atoms with Crippen molar-refractivity contribution in [2.24, 2.45) is 11.3 Å². The molecule has 0 unspecified atom stereocenters. The summed E-state index contributed by atoms with van der Waals surface area (Å²) >= 11 is 0. The molecule has 1 N–H and O–H groups in total. The number of aryl methyl sites for hydroxylation is 1. The molecule has 0 radical (unpaired) electrons. The van der Waals surface area contributed by atoms with Gasteiger partial charge in [-0.2, -0.15) is 0 Å². The Labute approximate surface area is 170 Å². The van der Waals surface area contributed by atoms with Crippen LogP contribution in [0, 0.1) is 29.9 Å². The Kier molecular flexibility index (Phi) is 5.96. The Balaban J connectivity index is 1.92. The number of rotatable bonds is 6. The van der Waals surface area contributed by atoms with E-state index in [0.29, 0.717) is 29.6 Å². The first-order valence-electron chi connectivity index (χ1n) is 9.80. The zero-order chi connectivity index (χ0) is 21.2. The fourth-order valence-corrected chi connectivity index (χ4v) is 3.90. The zero-order valence-corrected chi connectivity index (χ0v) is 17.2. The molecule has 0 saturated heterocycles. The number of hydrogen-bond acceptors (Lipinski definition) is 2. The van der Waals surface area contributed by atoms with Gasteiger partial charge in [-0.15, -0.1) is 0 Å². The Morgan fingerprint density at radius 3 is 2.55 bits per heavy atom. The van der Waals surface area contributed by atoms with Crippen LogP contribution in [-0.4, -0.2) is 10.9 Å². The summed E-state index contributed by atoms with van der Waals surface area (Å²) in [6, 6.07) is 12.9. The van der Waals surface area contributed by atoms with E-state index in [0.717, 1.165) is 5.56 Å². The number of benzene rings is 2. The molecule has 152 valence electrons. The number of amides is 1. The minimum atomic E-state index is -0.731. The summed E-state index contributed by atoms with van der Waals surface area (Å²) in [6.07, 6.45) is 1.06. The molecular weight excluding hydrogens is 370 g/mol. The van der Waals surface area contributed by atoms with Gasteiger partial charge in [-0.3, -0.25) is 4.79 Å². The van der Waals surface area contributed by atoms with Crippen molar-refractivity contribution in [1.82, 2.24) is 4.98 Å². The van der Waals surface area contributed by atoms with Crippen LogP contribution < -0.4 is 5.32 Å². The van der Waals surface area contributed by atoms with Gasteiger partial charge < -0.3 is 5.32 Å². The Hall–Kier alpha value is -2.82. The first-order chi connectivity index (χ1) is 13.7. The minimum Gasteiger partial charge on any atom is -0.324 e. The van der Waals surface area contributed by atoms with Gasteiger partial charge in [-0.05, 0) is 55.5 Å². The number of para-hydroxylation sites is 1. The molecule has 3 aromatic rings. The maximum absolute atomic E-state index is 14.0. The standard InChI is InChI=1S/C24H26F2N2O/c1-15(2)13-24(4,14-17-7-5-9-19(25)11-17)23(29)28-21-12-18-8-6-10-20(26)22(18)27-16(21)3/h5-12,15H,13-14H2,1-4H3,(H,28,29)/t24-/m1/s1. The van der Waals surface area contributed by atoms with E-state index in [1.54, 1.807) is 31.2 Å². The predicted molar refractivity (Wildman–Crippen MR) is 113 cm³/mol. The van der Waals surface area contributed by atoms with Crippen LogP contribution in [0.2, 0.25) is 0 Å². The molecule has 0 saturated carbocycles. The van der Waals surface area contributed by atoms with Crippen molar-refractivity contribution in [3.63, 3.8) is 0 Å². The van der Waals surface area contributed by atoms with Gasteiger partial charge in [-0.25, -0.2) is 13.8 Å². The second-order valence-electron chi connectivity index (χ2n) is 8.35. The molecular formula is C24H26F2N2O. The Morgan fingerprint density at radius 1 is 1.14 bits per heavy atom. The van der Waals surface area contributed by atoms with E-state index in [1.165, 1.54) is 18.2 Å². The van der Waals surface area contributed by atoms with Gasteiger partial charge in [0.1, 0.15) is 17.2 Å². The van der Waals surface area contributed by atoms with Crippen LogP contribution in [0.1, 0.15) is 38.4 Å². The number of anilines is 1. The fraction of sp³-hybridized carbons (Fsp3) is 0.333. The maximum Gasteiger partial charge on any atom is 0.230 e. The number of pyridine rings is 1. The summed E-state index contributed by atoms with van der Waals surface area (Å²) in [4.78, 5) is 17.6. The van der Waals surface area contributed by atoms with Crippen LogP contribution >= 0.6 is 0 Å². The van der Waals surface area contributed by atoms with Crippen LogP contribution in [0.25, 0.3) is 10.9 Å². The smallest absolute Gasteiger partial charge is 0.230 e. The summed E-state index contributed by atoms with van der Waals surface area (Å²) in [5.41, 5.74) is 1.44. The van der Waals surface area contributed by atoms with E-state index in [-0.39, 0.29) is 29.0 Å². The molecule has 0 aliphatic heterocycles. The predicted octanol–water partition coefficient (Wildman–Crippen LogP) is 6.06. The molecule has 1 atom stereocenters. The number of hydrogen-bond donors (Lipinski definition) is 1. The molecule has 0 spiro atoms. The highest BCUT2D eigenvalue weighted by molar-refractivity contribution is 5.97. The maximum atomic E-state index is 14.0. The van der Waals surface area contributed by atoms with Crippen molar-refractivity contribution in [2.75, 3.05) is 5.32 Å². The highest BCUT2D eigenvalue weighted by Gasteiger charge is 2.34. The van der Waals surface area contributed by atoms with Gasteiger partial charge in [0.05, 0.1) is 16.8 Å². The number of fused-ring (bicyclic) bond motifs is 1. The first kappa shape index (κ1) is 20.9. The van der Waals surface area contributed by atoms with E-state index in [9.17, 15) is 13.6 Å². The van der Waals surface area contributed by atoms with Crippen LogP contribution in [0.4, 0.5) is 14.5 Å².